The Balaban J connectivity index is 1.52. The molecule has 1 saturated heterocycles. The van der Waals surface area contributed by atoms with Crippen LogP contribution in [0.4, 0.5) is 4.39 Å². The van der Waals surface area contributed by atoms with Gasteiger partial charge < -0.3 is 0 Å². The van der Waals surface area contributed by atoms with Gasteiger partial charge in [0.25, 0.3) is 17.7 Å². The third-order valence-corrected chi connectivity index (χ3v) is 11.0. The fourth-order valence-corrected chi connectivity index (χ4v) is 7.62. The number of fused-ring (bicyclic) bond motifs is 5. The first kappa shape index (κ1) is 24.9. The van der Waals surface area contributed by atoms with Crippen molar-refractivity contribution in [1.82, 2.24) is 10.0 Å². The number of alkyl halides is 2. The smallest absolute Gasteiger partial charge is 0.273 e. The Hall–Kier alpha value is -1.81. The third kappa shape index (κ3) is 4.04. The highest BCUT2D eigenvalue weighted by Gasteiger charge is 2.67. The van der Waals surface area contributed by atoms with Crippen molar-refractivity contribution in [3.63, 3.8) is 0 Å². The van der Waals surface area contributed by atoms with Crippen LogP contribution in [0.3, 0.4) is 0 Å². The van der Waals surface area contributed by atoms with E-state index in [1.54, 1.807) is 0 Å². The average Bonchev–Trinajstić information content (AvgIpc) is 3.44. The number of hydrazine groups is 1. The second kappa shape index (κ2) is 9.25. The standard InChI is InChI=1S/C24H17Br2Cl2FN2O4/c25-20-13-8-14(21(20)26)19-18(13)23(34)31(24(19)35)30(9-17(32)10-1-4-12(29)5-2-10)22(33)11-3-6-15(27)16(28)7-11/h1-7,13-14,18-21H,8-9H2/t13-,14-,18-,19-,20+,21+/m1/s1. The van der Waals surface area contributed by atoms with Crippen LogP contribution in [0.25, 0.3) is 0 Å². The zero-order valence-electron chi connectivity index (χ0n) is 17.8. The van der Waals surface area contributed by atoms with E-state index < -0.39 is 47.7 Å². The summed E-state index contributed by atoms with van der Waals surface area (Å²) in [7, 11) is 0. The Kier molecular flexibility index (Phi) is 6.57. The van der Waals surface area contributed by atoms with Crippen molar-refractivity contribution in [2.75, 3.05) is 6.54 Å². The largest absolute Gasteiger partial charge is 0.292 e. The second-order valence-corrected chi connectivity index (χ2v) is 11.8. The van der Waals surface area contributed by atoms with Crippen molar-refractivity contribution in [1.29, 1.82) is 0 Å². The molecule has 3 amide bonds. The molecule has 0 N–H and O–H groups in total. The number of halogens is 5. The molecule has 2 saturated carbocycles. The van der Waals surface area contributed by atoms with E-state index in [4.69, 9.17) is 23.2 Å². The second-order valence-electron chi connectivity index (χ2n) is 8.91. The summed E-state index contributed by atoms with van der Waals surface area (Å²) >= 11 is 19.3. The van der Waals surface area contributed by atoms with Gasteiger partial charge in [0.1, 0.15) is 12.4 Å². The first-order chi connectivity index (χ1) is 16.6. The Morgan fingerprint density at radius 1 is 0.914 bits per heavy atom. The molecule has 3 fully saturated rings. The molecule has 2 aromatic rings. The van der Waals surface area contributed by atoms with Crippen molar-refractivity contribution in [3.8, 4) is 0 Å². The SMILES string of the molecule is O=C(CN(C(=O)c1ccc(Cl)c(Cl)c1)N1C(=O)[C@@H]2[C@H]3C[C@@H]([C@H](Br)[C@H]3Br)[C@H]2C1=O)c1ccc(F)cc1. The number of nitrogens with zero attached hydrogens (tertiary/aromatic N) is 2. The fraction of sp³-hybridized carbons (Fsp3) is 0.333. The molecule has 0 spiro atoms. The normalized spacial score (nSPS) is 29.0. The minimum Gasteiger partial charge on any atom is -0.292 e. The molecule has 1 aliphatic heterocycles. The fourth-order valence-electron chi connectivity index (χ4n) is 5.45. The number of carbonyl (C=O) groups excluding carboxylic acids is 4. The maximum absolute atomic E-state index is 13.6. The van der Waals surface area contributed by atoms with Crippen molar-refractivity contribution < 1.29 is 23.6 Å². The van der Waals surface area contributed by atoms with Crippen LogP contribution in [0.5, 0.6) is 0 Å². The average molecular weight is 647 g/mol. The number of hydrogen-bond donors (Lipinski definition) is 0. The number of imide groups is 1. The van der Waals surface area contributed by atoms with Crippen molar-refractivity contribution in [2.24, 2.45) is 23.7 Å². The van der Waals surface area contributed by atoms with Gasteiger partial charge in [-0.1, -0.05) is 55.1 Å². The Bertz CT molecular complexity index is 1230. The van der Waals surface area contributed by atoms with Gasteiger partial charge >= 0.3 is 0 Å². The van der Waals surface area contributed by atoms with E-state index >= 15 is 0 Å². The summed E-state index contributed by atoms with van der Waals surface area (Å²) in [4.78, 5) is 53.8. The molecule has 6 atom stereocenters. The van der Waals surface area contributed by atoms with Gasteiger partial charge in [0, 0.05) is 20.8 Å². The Morgan fingerprint density at radius 3 is 2.00 bits per heavy atom. The van der Waals surface area contributed by atoms with Gasteiger partial charge in [-0.25, -0.2) is 9.40 Å². The number of rotatable bonds is 5. The molecule has 2 aromatic carbocycles. The van der Waals surface area contributed by atoms with Gasteiger partial charge in [-0.2, -0.15) is 5.01 Å². The first-order valence-electron chi connectivity index (χ1n) is 10.8. The summed E-state index contributed by atoms with van der Waals surface area (Å²) in [6, 6.07) is 8.97. The van der Waals surface area contributed by atoms with E-state index in [1.165, 1.54) is 30.3 Å². The zero-order valence-corrected chi connectivity index (χ0v) is 22.5. The van der Waals surface area contributed by atoms with Crippen LogP contribution in [0.2, 0.25) is 10.0 Å². The molecule has 5 rings (SSSR count). The van der Waals surface area contributed by atoms with E-state index in [0.29, 0.717) is 0 Å². The minimum absolute atomic E-state index is 0.0190. The lowest BCUT2D eigenvalue weighted by Crippen LogP contribution is -2.52. The third-order valence-electron chi connectivity index (χ3n) is 7.07. The molecule has 1 heterocycles. The predicted octanol–water partition coefficient (Wildman–Crippen LogP) is 5.15. The van der Waals surface area contributed by atoms with Gasteiger partial charge in [0.05, 0.1) is 21.9 Å². The minimum atomic E-state index is -0.751. The van der Waals surface area contributed by atoms with Crippen LogP contribution >= 0.6 is 55.1 Å². The lowest BCUT2D eigenvalue weighted by molar-refractivity contribution is -0.154. The summed E-state index contributed by atoms with van der Waals surface area (Å²) < 4.78 is 13.4. The van der Waals surface area contributed by atoms with Crippen molar-refractivity contribution >= 4 is 78.6 Å². The summed E-state index contributed by atoms with van der Waals surface area (Å²) in [5.41, 5.74) is 0.197. The molecular formula is C24H17Br2Cl2FN2O4. The Morgan fingerprint density at radius 2 is 1.46 bits per heavy atom. The Labute approximate surface area is 226 Å². The molecule has 0 radical (unpaired) electrons. The van der Waals surface area contributed by atoms with E-state index in [0.717, 1.165) is 28.6 Å². The number of Topliss-reactive ketones (excluding diaryl/α,β-unsaturated/α-hetero) is 1. The molecule has 3 aliphatic rings. The van der Waals surface area contributed by atoms with Gasteiger partial charge in [-0.05, 0) is 60.7 Å². The number of ketones is 1. The van der Waals surface area contributed by atoms with Crippen LogP contribution < -0.4 is 0 Å². The van der Waals surface area contributed by atoms with Crippen molar-refractivity contribution in [2.45, 2.75) is 16.1 Å². The van der Waals surface area contributed by atoms with E-state index in [2.05, 4.69) is 31.9 Å². The van der Waals surface area contributed by atoms with E-state index in [9.17, 15) is 23.6 Å². The highest BCUT2D eigenvalue weighted by atomic mass is 79.9. The number of carbonyl (C=O) groups is 4. The molecule has 6 nitrogen and oxygen atoms in total. The summed E-state index contributed by atoms with van der Waals surface area (Å²) in [6.07, 6.45) is 0.724. The van der Waals surface area contributed by atoms with Gasteiger partial charge in [-0.3, -0.25) is 19.2 Å². The predicted molar refractivity (Wildman–Crippen MR) is 134 cm³/mol. The highest BCUT2D eigenvalue weighted by molar-refractivity contribution is 9.12. The topological polar surface area (TPSA) is 74.8 Å². The lowest BCUT2D eigenvalue weighted by Gasteiger charge is -2.31. The van der Waals surface area contributed by atoms with Crippen LogP contribution in [0.1, 0.15) is 27.1 Å². The summed E-state index contributed by atoms with van der Waals surface area (Å²) in [5.74, 6) is -4.11. The highest BCUT2D eigenvalue weighted by Crippen LogP contribution is 2.60. The molecule has 0 aromatic heterocycles. The number of benzene rings is 2. The van der Waals surface area contributed by atoms with Gasteiger partial charge in [0.2, 0.25) is 0 Å². The van der Waals surface area contributed by atoms with Crippen molar-refractivity contribution in [3.05, 3.63) is 69.5 Å². The van der Waals surface area contributed by atoms with Gasteiger partial charge in [0.15, 0.2) is 5.78 Å². The maximum Gasteiger partial charge on any atom is 0.273 e. The quantitative estimate of drug-likeness (QED) is 0.256. The number of hydrogen-bond acceptors (Lipinski definition) is 4. The summed E-state index contributed by atoms with van der Waals surface area (Å²) in [5, 5.41) is 2.04. The molecular weight excluding hydrogens is 630 g/mol. The van der Waals surface area contributed by atoms with Crippen LogP contribution in [-0.4, -0.2) is 49.7 Å². The molecule has 2 aliphatic carbocycles. The summed E-state index contributed by atoms with van der Waals surface area (Å²) in [6.45, 7) is -0.591. The molecule has 2 bridgehead atoms. The van der Waals surface area contributed by atoms with Gasteiger partial charge in [-0.15, -0.1) is 0 Å². The monoisotopic (exact) mass is 644 g/mol. The van der Waals surface area contributed by atoms with Crippen LogP contribution in [-0.2, 0) is 9.59 Å². The van der Waals surface area contributed by atoms with E-state index in [1.807, 2.05) is 0 Å². The van der Waals surface area contributed by atoms with Crippen LogP contribution in [0, 0.1) is 29.5 Å². The molecule has 182 valence electrons. The van der Waals surface area contributed by atoms with Crippen LogP contribution in [0.15, 0.2) is 42.5 Å². The number of amides is 3. The molecule has 11 heteroatoms. The first-order valence-corrected chi connectivity index (χ1v) is 13.4. The molecule has 35 heavy (non-hydrogen) atoms. The molecule has 0 unspecified atom stereocenters. The zero-order chi connectivity index (χ0) is 25.2. The lowest BCUT2D eigenvalue weighted by atomic mass is 9.81. The maximum atomic E-state index is 13.6. The van der Waals surface area contributed by atoms with E-state index in [-0.39, 0.29) is 42.7 Å².